The maximum absolute atomic E-state index is 10.7. The maximum Gasteiger partial charge on any atom is 0.187 e. The van der Waals surface area contributed by atoms with Gasteiger partial charge in [-0.15, -0.1) is 0 Å². The Morgan fingerprint density at radius 2 is 1.69 bits per heavy atom. The number of aliphatic hydroxyl groups excluding tert-OH is 8. The van der Waals surface area contributed by atoms with Gasteiger partial charge in [-0.25, -0.2) is 4.98 Å². The van der Waals surface area contributed by atoms with E-state index in [4.69, 9.17) is 9.47 Å². The first kappa shape index (κ1) is 25.9. The molecular weight excluding hydrogens is 564 g/mol. The molecule has 1 aromatic heterocycles. The van der Waals surface area contributed by atoms with E-state index in [-0.39, 0.29) is 5.82 Å². The van der Waals surface area contributed by atoms with E-state index in [0.29, 0.717) is 15.5 Å². The van der Waals surface area contributed by atoms with E-state index in [2.05, 4.69) is 41.8 Å². The molecule has 14 heteroatoms. The van der Waals surface area contributed by atoms with Gasteiger partial charge >= 0.3 is 0 Å². The van der Waals surface area contributed by atoms with E-state index < -0.39 is 68.3 Å². The monoisotopic (exact) mass is 586 g/mol. The largest absolute Gasteiger partial charge is 0.394 e. The van der Waals surface area contributed by atoms with Gasteiger partial charge in [-0.2, -0.15) is 0 Å². The zero-order valence-electron chi connectivity index (χ0n) is 16.4. The summed E-state index contributed by atoms with van der Waals surface area (Å²) in [5.74, 6) is -0.0648. The fraction of sp³-hybridized carbons (Fsp3) is 0.611. The van der Waals surface area contributed by atoms with Gasteiger partial charge in [0.1, 0.15) is 54.7 Å². The topological polar surface area (TPSA) is 209 Å². The minimum atomic E-state index is -1.88. The van der Waals surface area contributed by atoms with Gasteiger partial charge < -0.3 is 55.3 Å². The number of nitrogens with zero attached hydrogens (tertiary/aromatic N) is 1. The summed E-state index contributed by atoms with van der Waals surface area (Å²) in [5, 5.41) is 80.1. The van der Waals surface area contributed by atoms with Crippen LogP contribution in [0.5, 0.6) is 0 Å². The number of imidazole rings is 1. The zero-order valence-corrected chi connectivity index (χ0v) is 19.5. The first-order chi connectivity index (χ1) is 15.1. The van der Waals surface area contributed by atoms with E-state index in [1.807, 2.05) is 0 Å². The van der Waals surface area contributed by atoms with Gasteiger partial charge in [-0.1, -0.05) is 0 Å². The van der Waals surface area contributed by atoms with Crippen LogP contribution in [0.3, 0.4) is 0 Å². The number of hydrogen-bond acceptors (Lipinski definition) is 11. The number of benzene rings is 1. The molecule has 3 rings (SSSR count). The van der Waals surface area contributed by atoms with Gasteiger partial charge in [0.2, 0.25) is 0 Å². The Morgan fingerprint density at radius 1 is 1.03 bits per heavy atom. The van der Waals surface area contributed by atoms with Crippen LogP contribution in [-0.2, 0) is 9.47 Å². The zero-order chi connectivity index (χ0) is 23.7. The summed E-state index contributed by atoms with van der Waals surface area (Å²) in [4.78, 5) is 7.05. The molecule has 1 saturated heterocycles. The molecule has 180 valence electrons. The maximum atomic E-state index is 10.7. The molecule has 1 fully saturated rings. The van der Waals surface area contributed by atoms with Crippen molar-refractivity contribution < 1.29 is 50.3 Å². The smallest absolute Gasteiger partial charge is 0.187 e. The van der Waals surface area contributed by atoms with Crippen LogP contribution in [-0.4, -0.2) is 113 Å². The van der Waals surface area contributed by atoms with Crippen molar-refractivity contribution in [2.75, 3.05) is 13.2 Å². The van der Waals surface area contributed by atoms with Crippen molar-refractivity contribution in [1.82, 2.24) is 9.97 Å². The lowest BCUT2D eigenvalue weighted by atomic mass is 9.98. The number of ether oxygens (including phenoxy) is 2. The molecule has 1 aliphatic rings. The number of aromatic amines is 1. The molecule has 32 heavy (non-hydrogen) atoms. The highest BCUT2D eigenvalue weighted by Crippen LogP contribution is 2.31. The quantitative estimate of drug-likeness (QED) is 0.165. The Labute approximate surface area is 198 Å². The molecule has 0 bridgehead atoms. The molecule has 0 aliphatic carbocycles. The van der Waals surface area contributed by atoms with Crippen LogP contribution in [0.15, 0.2) is 21.1 Å². The lowest BCUT2D eigenvalue weighted by molar-refractivity contribution is -0.327. The van der Waals surface area contributed by atoms with Crippen molar-refractivity contribution in [3.8, 4) is 0 Å². The second-order valence-electron chi connectivity index (χ2n) is 7.39. The second-order valence-corrected chi connectivity index (χ2v) is 9.10. The Balaban J connectivity index is 1.83. The summed E-state index contributed by atoms with van der Waals surface area (Å²) in [7, 11) is 0. The Morgan fingerprint density at radius 3 is 2.31 bits per heavy atom. The standard InChI is InChI=1S/C18H24Br2N2O10/c19-5-1-7-8(2-6(5)20)22-17(21-7)14(29)13(28)16(9(25)3-23)32-18-15(30)12(27)11(26)10(4-24)31-18/h1-2,9-16,18,23-30H,3-4H2,(H,21,22)/t9?,10?,11-,12+,13-,14?,15?,16-,18-/m1/s1. The molecule has 0 radical (unpaired) electrons. The van der Waals surface area contributed by atoms with Crippen LogP contribution in [0.1, 0.15) is 11.9 Å². The third kappa shape index (κ3) is 5.16. The molecule has 9 atom stereocenters. The molecule has 1 aliphatic heterocycles. The van der Waals surface area contributed by atoms with Crippen molar-refractivity contribution in [3.63, 3.8) is 0 Å². The number of fused-ring (bicyclic) bond motifs is 1. The van der Waals surface area contributed by atoms with Crippen LogP contribution < -0.4 is 0 Å². The Hall–Kier alpha value is -0.750. The first-order valence-corrected chi connectivity index (χ1v) is 11.1. The number of aromatic nitrogens is 2. The van der Waals surface area contributed by atoms with Crippen molar-refractivity contribution in [2.45, 2.75) is 55.1 Å². The van der Waals surface area contributed by atoms with Crippen molar-refractivity contribution in [2.24, 2.45) is 0 Å². The molecule has 2 heterocycles. The minimum Gasteiger partial charge on any atom is -0.394 e. The minimum absolute atomic E-state index is 0.0648. The highest BCUT2D eigenvalue weighted by atomic mass is 79.9. The van der Waals surface area contributed by atoms with Gasteiger partial charge in [0.15, 0.2) is 6.29 Å². The Kier molecular flexibility index (Phi) is 8.62. The molecule has 12 nitrogen and oxygen atoms in total. The van der Waals surface area contributed by atoms with Gasteiger partial charge in [-0.05, 0) is 44.0 Å². The van der Waals surface area contributed by atoms with Crippen molar-refractivity contribution in [3.05, 3.63) is 26.9 Å². The Bertz CT molecular complexity index is 876. The number of rotatable bonds is 8. The number of aliphatic hydroxyl groups is 8. The molecule has 0 saturated carbocycles. The van der Waals surface area contributed by atoms with E-state index >= 15 is 0 Å². The lowest BCUT2D eigenvalue weighted by Crippen LogP contribution is -2.61. The average Bonchev–Trinajstić information content (AvgIpc) is 3.18. The molecular formula is C18H24Br2N2O10. The van der Waals surface area contributed by atoms with E-state index in [1.54, 1.807) is 12.1 Å². The van der Waals surface area contributed by atoms with E-state index in [9.17, 15) is 40.9 Å². The van der Waals surface area contributed by atoms with Gasteiger partial charge in [0.05, 0.1) is 24.2 Å². The third-order valence-electron chi connectivity index (χ3n) is 5.19. The van der Waals surface area contributed by atoms with Crippen molar-refractivity contribution in [1.29, 1.82) is 0 Å². The first-order valence-electron chi connectivity index (χ1n) is 9.54. The molecule has 1 aromatic carbocycles. The molecule has 2 aromatic rings. The van der Waals surface area contributed by atoms with Crippen LogP contribution in [0.4, 0.5) is 0 Å². The summed E-state index contributed by atoms with van der Waals surface area (Å²) < 4.78 is 12.0. The molecule has 9 N–H and O–H groups in total. The van der Waals surface area contributed by atoms with Gasteiger partial charge in [0, 0.05) is 8.95 Å². The number of hydrogen-bond donors (Lipinski definition) is 9. The van der Waals surface area contributed by atoms with E-state index in [0.717, 1.165) is 4.47 Å². The van der Waals surface area contributed by atoms with Crippen LogP contribution >= 0.6 is 31.9 Å². The second kappa shape index (κ2) is 10.7. The number of halogens is 2. The lowest BCUT2D eigenvalue weighted by Gasteiger charge is -2.42. The van der Waals surface area contributed by atoms with Gasteiger partial charge in [0.25, 0.3) is 0 Å². The summed E-state index contributed by atoms with van der Waals surface area (Å²) in [6.07, 6.45) is -15.3. The molecule has 0 amide bonds. The SMILES string of the molecule is OCC1O[C@H](O[C@H](C(O)CO)[C@H](O)C(O)c2nc3cc(Br)c(Br)cc3[nH]2)C(O)[C@@H](O)[C@@H]1O. The third-order valence-corrected chi connectivity index (χ3v) is 7.03. The highest BCUT2D eigenvalue weighted by molar-refractivity contribution is 9.13. The normalized spacial score (nSPS) is 30.2. The number of nitrogens with one attached hydrogen (secondary N) is 1. The average molecular weight is 588 g/mol. The predicted molar refractivity (Wildman–Crippen MR) is 114 cm³/mol. The highest BCUT2D eigenvalue weighted by Gasteiger charge is 2.47. The summed E-state index contributed by atoms with van der Waals surface area (Å²) in [6, 6.07) is 3.36. The van der Waals surface area contributed by atoms with E-state index in [1.165, 1.54) is 0 Å². The van der Waals surface area contributed by atoms with Crippen LogP contribution in [0, 0.1) is 0 Å². The van der Waals surface area contributed by atoms with Crippen LogP contribution in [0.25, 0.3) is 11.0 Å². The summed E-state index contributed by atoms with van der Waals surface area (Å²) >= 11 is 6.68. The van der Waals surface area contributed by atoms with Gasteiger partial charge in [-0.3, -0.25) is 0 Å². The number of H-pyrrole nitrogens is 1. The predicted octanol–water partition coefficient (Wildman–Crippen LogP) is -1.98. The fourth-order valence-electron chi connectivity index (χ4n) is 3.34. The molecule has 4 unspecified atom stereocenters. The van der Waals surface area contributed by atoms with Crippen molar-refractivity contribution >= 4 is 42.9 Å². The van der Waals surface area contributed by atoms with Crippen LogP contribution in [0.2, 0.25) is 0 Å². The molecule has 0 spiro atoms. The summed E-state index contributed by atoms with van der Waals surface area (Å²) in [5.41, 5.74) is 1.01. The fourth-order valence-corrected chi connectivity index (χ4v) is 4.02. The summed E-state index contributed by atoms with van der Waals surface area (Å²) in [6.45, 7) is -1.60.